The molecule has 0 unspecified atom stereocenters. The molecule has 3 nitrogen and oxygen atoms in total. The molecule has 0 fully saturated rings. The van der Waals surface area contributed by atoms with Gasteiger partial charge in [-0.3, -0.25) is 0 Å². The van der Waals surface area contributed by atoms with Gasteiger partial charge in [0.2, 0.25) is 0 Å². The lowest BCUT2D eigenvalue weighted by Gasteiger charge is -2.06. The molecule has 82 valence electrons. The van der Waals surface area contributed by atoms with Crippen molar-refractivity contribution in [3.8, 4) is 0 Å². The second-order valence-corrected chi connectivity index (χ2v) is 4.08. The monoisotopic (exact) mass is 281 g/mol. The molecule has 0 saturated carbocycles. The summed E-state index contributed by atoms with van der Waals surface area (Å²) in [6.45, 7) is 0.571. The quantitative estimate of drug-likeness (QED) is 0.940. The van der Waals surface area contributed by atoms with Gasteiger partial charge in [-0.2, -0.15) is 0 Å². The van der Waals surface area contributed by atoms with E-state index in [4.69, 9.17) is 0 Å². The number of aromatic nitrogens is 2. The standard InChI is InChI=1S/C11H9BrFN3/c12-10-2-1-9(3-11(10)13)16-6-8-4-14-7-15-5-8/h1-5,7,16H,6H2. The maximum atomic E-state index is 13.2. The number of hydrogen-bond acceptors (Lipinski definition) is 3. The lowest BCUT2D eigenvalue weighted by Crippen LogP contribution is -2.00. The van der Waals surface area contributed by atoms with Gasteiger partial charge in [0.25, 0.3) is 0 Å². The van der Waals surface area contributed by atoms with E-state index in [0.29, 0.717) is 11.0 Å². The van der Waals surface area contributed by atoms with Crippen molar-refractivity contribution in [1.82, 2.24) is 9.97 Å². The maximum absolute atomic E-state index is 13.2. The highest BCUT2D eigenvalue weighted by atomic mass is 79.9. The minimum Gasteiger partial charge on any atom is -0.381 e. The summed E-state index contributed by atoms with van der Waals surface area (Å²) >= 11 is 3.10. The van der Waals surface area contributed by atoms with Crippen LogP contribution in [0.1, 0.15) is 5.56 Å². The lowest BCUT2D eigenvalue weighted by atomic mass is 10.3. The Balaban J connectivity index is 2.03. The number of anilines is 1. The first-order chi connectivity index (χ1) is 7.75. The molecule has 0 saturated heterocycles. The molecule has 0 amide bonds. The van der Waals surface area contributed by atoms with Gasteiger partial charge in [0.1, 0.15) is 12.1 Å². The molecule has 0 aliphatic rings. The summed E-state index contributed by atoms with van der Waals surface area (Å²) in [6, 6.07) is 4.91. The predicted octanol–water partition coefficient (Wildman–Crippen LogP) is 2.99. The molecule has 5 heteroatoms. The van der Waals surface area contributed by atoms with Crippen LogP contribution < -0.4 is 5.32 Å². The van der Waals surface area contributed by atoms with Crippen molar-refractivity contribution in [3.63, 3.8) is 0 Å². The fraction of sp³-hybridized carbons (Fsp3) is 0.0909. The molecular formula is C11H9BrFN3. The zero-order valence-electron chi connectivity index (χ0n) is 8.32. The van der Waals surface area contributed by atoms with Crippen LogP contribution in [0.15, 0.2) is 41.4 Å². The first-order valence-electron chi connectivity index (χ1n) is 4.68. The van der Waals surface area contributed by atoms with Crippen LogP contribution in [-0.4, -0.2) is 9.97 Å². The topological polar surface area (TPSA) is 37.8 Å². The average molecular weight is 282 g/mol. The van der Waals surface area contributed by atoms with E-state index >= 15 is 0 Å². The van der Waals surface area contributed by atoms with Gasteiger partial charge in [0.05, 0.1) is 4.47 Å². The second kappa shape index (κ2) is 5.03. The highest BCUT2D eigenvalue weighted by molar-refractivity contribution is 9.10. The number of nitrogens with zero attached hydrogens (tertiary/aromatic N) is 2. The molecule has 0 atom stereocenters. The largest absolute Gasteiger partial charge is 0.381 e. The van der Waals surface area contributed by atoms with Gasteiger partial charge in [-0.05, 0) is 34.1 Å². The number of hydrogen-bond donors (Lipinski definition) is 1. The van der Waals surface area contributed by atoms with Crippen molar-refractivity contribution in [1.29, 1.82) is 0 Å². The van der Waals surface area contributed by atoms with E-state index in [1.807, 2.05) is 0 Å². The molecule has 0 aliphatic heterocycles. The van der Waals surface area contributed by atoms with E-state index in [1.54, 1.807) is 24.5 Å². The van der Waals surface area contributed by atoms with Gasteiger partial charge < -0.3 is 5.32 Å². The maximum Gasteiger partial charge on any atom is 0.139 e. The van der Waals surface area contributed by atoms with Gasteiger partial charge in [0, 0.05) is 30.2 Å². The van der Waals surface area contributed by atoms with Gasteiger partial charge in [-0.15, -0.1) is 0 Å². The third-order valence-corrected chi connectivity index (χ3v) is 2.67. The van der Waals surface area contributed by atoms with Crippen LogP contribution in [0.25, 0.3) is 0 Å². The zero-order valence-corrected chi connectivity index (χ0v) is 9.91. The number of halogens is 2. The summed E-state index contributed by atoms with van der Waals surface area (Å²) in [6.07, 6.45) is 4.91. The molecular weight excluding hydrogens is 273 g/mol. The highest BCUT2D eigenvalue weighted by Gasteiger charge is 2.00. The molecule has 16 heavy (non-hydrogen) atoms. The van der Waals surface area contributed by atoms with E-state index in [2.05, 4.69) is 31.2 Å². The van der Waals surface area contributed by atoms with E-state index in [-0.39, 0.29) is 5.82 Å². The highest BCUT2D eigenvalue weighted by Crippen LogP contribution is 2.19. The SMILES string of the molecule is Fc1cc(NCc2cncnc2)ccc1Br. The molecule has 1 aromatic heterocycles. The summed E-state index contributed by atoms with van der Waals surface area (Å²) in [5.41, 5.74) is 1.68. The molecule has 0 aliphatic carbocycles. The number of benzene rings is 1. The fourth-order valence-corrected chi connectivity index (χ4v) is 1.48. The summed E-state index contributed by atoms with van der Waals surface area (Å²) in [7, 11) is 0. The second-order valence-electron chi connectivity index (χ2n) is 3.23. The van der Waals surface area contributed by atoms with Crippen LogP contribution in [0, 0.1) is 5.82 Å². The summed E-state index contributed by atoms with van der Waals surface area (Å²) in [4.78, 5) is 7.79. The Morgan fingerprint density at radius 1 is 1.25 bits per heavy atom. The fourth-order valence-electron chi connectivity index (χ4n) is 1.23. The van der Waals surface area contributed by atoms with Crippen LogP contribution in [0.3, 0.4) is 0 Å². The molecule has 1 aromatic carbocycles. The number of rotatable bonds is 3. The zero-order chi connectivity index (χ0) is 11.4. The summed E-state index contributed by atoms with van der Waals surface area (Å²) in [5.74, 6) is -0.283. The third kappa shape index (κ3) is 2.76. The minimum absolute atomic E-state index is 0.283. The van der Waals surface area contributed by atoms with Crippen LogP contribution in [-0.2, 0) is 6.54 Å². The first kappa shape index (κ1) is 11.0. The van der Waals surface area contributed by atoms with Crippen molar-refractivity contribution < 1.29 is 4.39 Å². The van der Waals surface area contributed by atoms with Crippen molar-refractivity contribution in [2.24, 2.45) is 0 Å². The molecule has 1 N–H and O–H groups in total. The first-order valence-corrected chi connectivity index (χ1v) is 5.48. The molecule has 0 radical (unpaired) electrons. The predicted molar refractivity (Wildman–Crippen MR) is 63.5 cm³/mol. The number of nitrogens with one attached hydrogen (secondary N) is 1. The van der Waals surface area contributed by atoms with Crippen molar-refractivity contribution in [2.75, 3.05) is 5.32 Å². The van der Waals surface area contributed by atoms with Gasteiger partial charge in [0.15, 0.2) is 0 Å². The summed E-state index contributed by atoms with van der Waals surface area (Å²) < 4.78 is 13.7. The van der Waals surface area contributed by atoms with Crippen LogP contribution >= 0.6 is 15.9 Å². The minimum atomic E-state index is -0.283. The third-order valence-electron chi connectivity index (χ3n) is 2.03. The molecule has 0 bridgehead atoms. The van der Waals surface area contributed by atoms with E-state index < -0.39 is 0 Å². The van der Waals surface area contributed by atoms with Gasteiger partial charge >= 0.3 is 0 Å². The Morgan fingerprint density at radius 2 is 2.00 bits per heavy atom. The Bertz CT molecular complexity index is 476. The van der Waals surface area contributed by atoms with Gasteiger partial charge in [-0.25, -0.2) is 14.4 Å². The van der Waals surface area contributed by atoms with Crippen LogP contribution in [0.2, 0.25) is 0 Å². The van der Waals surface area contributed by atoms with E-state index in [9.17, 15) is 4.39 Å². The smallest absolute Gasteiger partial charge is 0.139 e. The summed E-state index contributed by atoms with van der Waals surface area (Å²) in [5, 5.41) is 3.09. The normalized spacial score (nSPS) is 10.1. The van der Waals surface area contributed by atoms with Crippen molar-refractivity contribution in [3.05, 3.63) is 52.8 Å². The van der Waals surface area contributed by atoms with E-state index in [1.165, 1.54) is 12.4 Å². The van der Waals surface area contributed by atoms with Crippen molar-refractivity contribution in [2.45, 2.75) is 6.54 Å². The van der Waals surface area contributed by atoms with E-state index in [0.717, 1.165) is 11.3 Å². The Morgan fingerprint density at radius 3 is 2.69 bits per heavy atom. The Hall–Kier alpha value is -1.49. The van der Waals surface area contributed by atoms with Gasteiger partial charge in [-0.1, -0.05) is 0 Å². The Labute approximate surface area is 101 Å². The Kier molecular flexibility index (Phi) is 3.46. The van der Waals surface area contributed by atoms with Crippen molar-refractivity contribution >= 4 is 21.6 Å². The van der Waals surface area contributed by atoms with Crippen LogP contribution in [0.5, 0.6) is 0 Å². The molecule has 1 heterocycles. The molecule has 2 aromatic rings. The molecule has 0 spiro atoms. The average Bonchev–Trinajstić information content (AvgIpc) is 2.32. The lowest BCUT2D eigenvalue weighted by molar-refractivity contribution is 0.621. The molecule has 2 rings (SSSR count). The van der Waals surface area contributed by atoms with Crippen LogP contribution in [0.4, 0.5) is 10.1 Å².